The fourth-order valence-electron chi connectivity index (χ4n) is 1.58. The van der Waals surface area contributed by atoms with Gasteiger partial charge in [-0.3, -0.25) is 9.78 Å². The van der Waals surface area contributed by atoms with Gasteiger partial charge in [-0.2, -0.15) is 0 Å². The van der Waals surface area contributed by atoms with Crippen LogP contribution in [0.1, 0.15) is 42.7 Å². The van der Waals surface area contributed by atoms with Gasteiger partial charge in [-0.1, -0.05) is 13.8 Å². The van der Waals surface area contributed by atoms with Crippen LogP contribution in [0.4, 0.5) is 0 Å². The summed E-state index contributed by atoms with van der Waals surface area (Å²) in [6.45, 7) is 6.51. The molecule has 1 aromatic heterocycles. The molecule has 100 valence electrons. The summed E-state index contributed by atoms with van der Waals surface area (Å²) in [7, 11) is 1.68. The van der Waals surface area contributed by atoms with Gasteiger partial charge in [0.1, 0.15) is 5.69 Å². The Morgan fingerprint density at radius 1 is 1.50 bits per heavy atom. The number of pyridine rings is 1. The van der Waals surface area contributed by atoms with E-state index in [1.54, 1.807) is 19.4 Å². The molecule has 1 saturated carbocycles. The SMILES string of the molecule is CC.COC1(CNC(=O)c2cc(C)ccn2)CC1. The molecule has 0 atom stereocenters. The topological polar surface area (TPSA) is 51.2 Å². The number of nitrogens with zero attached hydrogens (tertiary/aromatic N) is 1. The number of hydrogen-bond donors (Lipinski definition) is 1. The van der Waals surface area contributed by atoms with E-state index in [1.165, 1.54) is 0 Å². The van der Waals surface area contributed by atoms with Crippen LogP contribution in [0.15, 0.2) is 18.3 Å². The maximum atomic E-state index is 11.8. The summed E-state index contributed by atoms with van der Waals surface area (Å²) in [6, 6.07) is 3.65. The lowest BCUT2D eigenvalue weighted by molar-refractivity contribution is 0.0708. The van der Waals surface area contributed by atoms with E-state index in [4.69, 9.17) is 4.74 Å². The van der Waals surface area contributed by atoms with Gasteiger partial charge in [-0.15, -0.1) is 0 Å². The van der Waals surface area contributed by atoms with Gasteiger partial charge in [0.25, 0.3) is 5.91 Å². The number of aromatic nitrogens is 1. The minimum atomic E-state index is -0.132. The van der Waals surface area contributed by atoms with Gasteiger partial charge in [0.2, 0.25) is 0 Å². The summed E-state index contributed by atoms with van der Waals surface area (Å²) in [6.07, 6.45) is 3.68. The Morgan fingerprint density at radius 2 is 2.17 bits per heavy atom. The summed E-state index contributed by atoms with van der Waals surface area (Å²) >= 11 is 0. The summed E-state index contributed by atoms with van der Waals surface area (Å²) in [4.78, 5) is 15.8. The lowest BCUT2D eigenvalue weighted by Gasteiger charge is -2.13. The molecule has 1 aliphatic carbocycles. The minimum Gasteiger partial charge on any atom is -0.376 e. The van der Waals surface area contributed by atoms with Crippen LogP contribution in [-0.2, 0) is 4.74 Å². The van der Waals surface area contributed by atoms with Crippen molar-refractivity contribution in [2.24, 2.45) is 0 Å². The number of ether oxygens (including phenoxy) is 1. The average Bonchev–Trinajstić information content (AvgIpc) is 3.19. The van der Waals surface area contributed by atoms with Gasteiger partial charge >= 0.3 is 0 Å². The molecule has 18 heavy (non-hydrogen) atoms. The number of amides is 1. The van der Waals surface area contributed by atoms with Gasteiger partial charge in [0.05, 0.1) is 5.60 Å². The zero-order valence-electron chi connectivity index (χ0n) is 11.6. The molecular formula is C14H22N2O2. The fourth-order valence-corrected chi connectivity index (χ4v) is 1.58. The van der Waals surface area contributed by atoms with Crippen LogP contribution in [0.2, 0.25) is 0 Å². The molecule has 1 aromatic rings. The van der Waals surface area contributed by atoms with E-state index in [1.807, 2.05) is 26.8 Å². The lowest BCUT2D eigenvalue weighted by Crippen LogP contribution is -2.34. The minimum absolute atomic E-state index is 0.112. The molecule has 4 heteroatoms. The summed E-state index contributed by atoms with van der Waals surface area (Å²) < 4.78 is 5.32. The first-order valence-electron chi connectivity index (χ1n) is 6.41. The molecule has 1 heterocycles. The molecule has 0 aliphatic heterocycles. The normalized spacial score (nSPS) is 15.3. The van der Waals surface area contributed by atoms with Crippen molar-refractivity contribution in [2.45, 2.75) is 39.2 Å². The molecule has 0 radical (unpaired) electrons. The third-order valence-electron chi connectivity index (χ3n) is 2.96. The number of carbonyl (C=O) groups excluding carboxylic acids is 1. The predicted molar refractivity (Wildman–Crippen MR) is 71.6 cm³/mol. The largest absolute Gasteiger partial charge is 0.376 e. The summed E-state index contributed by atoms with van der Waals surface area (Å²) in [5, 5.41) is 2.85. The molecule has 0 aromatic carbocycles. The molecule has 0 saturated heterocycles. The van der Waals surface area contributed by atoms with Crippen LogP contribution in [0.3, 0.4) is 0 Å². The molecule has 4 nitrogen and oxygen atoms in total. The van der Waals surface area contributed by atoms with Gasteiger partial charge in [0.15, 0.2) is 0 Å². The second-order valence-corrected chi connectivity index (χ2v) is 4.29. The van der Waals surface area contributed by atoms with Crippen molar-refractivity contribution >= 4 is 5.91 Å². The van der Waals surface area contributed by atoms with Crippen molar-refractivity contribution in [3.63, 3.8) is 0 Å². The van der Waals surface area contributed by atoms with Crippen LogP contribution < -0.4 is 5.32 Å². The van der Waals surface area contributed by atoms with Gasteiger partial charge in [0, 0.05) is 19.9 Å². The third-order valence-corrected chi connectivity index (χ3v) is 2.96. The first-order chi connectivity index (χ1) is 8.65. The van der Waals surface area contributed by atoms with Gasteiger partial charge in [-0.05, 0) is 37.5 Å². The Labute approximate surface area is 109 Å². The monoisotopic (exact) mass is 250 g/mol. The molecule has 0 spiro atoms. The number of aryl methyl sites for hydroxylation is 1. The average molecular weight is 250 g/mol. The number of hydrogen-bond acceptors (Lipinski definition) is 3. The highest BCUT2D eigenvalue weighted by molar-refractivity contribution is 5.92. The highest BCUT2D eigenvalue weighted by Gasteiger charge is 2.43. The molecule has 2 rings (SSSR count). The zero-order chi connectivity index (χ0) is 13.6. The quantitative estimate of drug-likeness (QED) is 0.892. The van der Waals surface area contributed by atoms with Crippen LogP contribution in [0, 0.1) is 6.92 Å². The van der Waals surface area contributed by atoms with Crippen LogP contribution in [0.25, 0.3) is 0 Å². The van der Waals surface area contributed by atoms with Gasteiger partial charge in [-0.25, -0.2) is 0 Å². The number of methoxy groups -OCH3 is 1. The van der Waals surface area contributed by atoms with E-state index in [9.17, 15) is 4.79 Å². The Kier molecular flexibility index (Phi) is 5.28. The molecule has 1 aliphatic rings. The van der Waals surface area contributed by atoms with E-state index in [0.29, 0.717) is 12.2 Å². The Balaban J connectivity index is 0.000000771. The van der Waals surface area contributed by atoms with Crippen molar-refractivity contribution in [1.29, 1.82) is 0 Å². The number of rotatable bonds is 4. The first kappa shape index (κ1) is 14.6. The summed E-state index contributed by atoms with van der Waals surface area (Å²) in [5.41, 5.74) is 1.39. The maximum Gasteiger partial charge on any atom is 0.269 e. The van der Waals surface area contributed by atoms with Crippen LogP contribution in [0.5, 0.6) is 0 Å². The van der Waals surface area contributed by atoms with E-state index in [0.717, 1.165) is 18.4 Å². The lowest BCUT2D eigenvalue weighted by atomic mass is 10.2. The number of carbonyl (C=O) groups is 1. The zero-order valence-corrected chi connectivity index (χ0v) is 11.6. The highest BCUT2D eigenvalue weighted by Crippen LogP contribution is 2.37. The third kappa shape index (κ3) is 3.81. The van der Waals surface area contributed by atoms with Crippen LogP contribution >= 0.6 is 0 Å². The molecular weight excluding hydrogens is 228 g/mol. The van der Waals surface area contributed by atoms with E-state index >= 15 is 0 Å². The van der Waals surface area contributed by atoms with E-state index in [-0.39, 0.29) is 11.5 Å². The predicted octanol–water partition coefficient (Wildman–Crippen LogP) is 2.33. The molecule has 0 bridgehead atoms. The second-order valence-electron chi connectivity index (χ2n) is 4.29. The van der Waals surface area contributed by atoms with Crippen molar-refractivity contribution in [1.82, 2.24) is 10.3 Å². The van der Waals surface area contributed by atoms with Gasteiger partial charge < -0.3 is 10.1 Å². The molecule has 1 N–H and O–H groups in total. The molecule has 1 amide bonds. The van der Waals surface area contributed by atoms with Crippen molar-refractivity contribution in [3.8, 4) is 0 Å². The Hall–Kier alpha value is -1.42. The van der Waals surface area contributed by atoms with Crippen molar-refractivity contribution in [2.75, 3.05) is 13.7 Å². The molecule has 1 fully saturated rings. The molecule has 0 unspecified atom stereocenters. The Bertz CT molecular complexity index is 401. The second kappa shape index (κ2) is 6.50. The number of nitrogens with one attached hydrogen (secondary N) is 1. The first-order valence-corrected chi connectivity index (χ1v) is 6.41. The highest BCUT2D eigenvalue weighted by atomic mass is 16.5. The van der Waals surface area contributed by atoms with Crippen LogP contribution in [-0.4, -0.2) is 30.1 Å². The maximum absolute atomic E-state index is 11.8. The van der Waals surface area contributed by atoms with Crippen molar-refractivity contribution < 1.29 is 9.53 Å². The smallest absolute Gasteiger partial charge is 0.269 e. The van der Waals surface area contributed by atoms with Crippen molar-refractivity contribution in [3.05, 3.63) is 29.6 Å². The summed E-state index contributed by atoms with van der Waals surface area (Å²) in [5.74, 6) is -0.132. The van der Waals surface area contributed by atoms with E-state index in [2.05, 4.69) is 10.3 Å². The fraction of sp³-hybridized carbons (Fsp3) is 0.571. The standard InChI is InChI=1S/C12H16N2O2.C2H6/c1-9-3-6-13-10(7-9)11(15)14-8-12(16-2)4-5-12;1-2/h3,6-7H,4-5,8H2,1-2H3,(H,14,15);1-2H3. The Morgan fingerprint density at radius 3 is 2.67 bits per heavy atom. The van der Waals surface area contributed by atoms with E-state index < -0.39 is 0 Å².